The van der Waals surface area contributed by atoms with Crippen LogP contribution in [-0.4, -0.2) is 18.7 Å². The van der Waals surface area contributed by atoms with Crippen molar-refractivity contribution in [1.82, 2.24) is 18.7 Å². The van der Waals surface area contributed by atoms with Crippen molar-refractivity contribution in [2.45, 2.75) is 0 Å². The number of nitrogens with zero attached hydrogens (tertiary/aromatic N) is 5. The van der Waals surface area contributed by atoms with Crippen molar-refractivity contribution in [2.75, 3.05) is 0 Å². The fraction of sp³-hybridized carbons (Fsp3) is 0. The van der Waals surface area contributed by atoms with Crippen molar-refractivity contribution in [2.24, 2.45) is 0 Å². The Morgan fingerprint density at radius 2 is 0.943 bits per heavy atom. The van der Waals surface area contributed by atoms with Crippen LogP contribution in [0.1, 0.15) is 0 Å². The summed E-state index contributed by atoms with van der Waals surface area (Å²) >= 11 is 0. The lowest BCUT2D eigenvalue weighted by atomic mass is 10.0. The van der Waals surface area contributed by atoms with Crippen molar-refractivity contribution >= 4 is 71.2 Å². The largest absolute Gasteiger partial charge is 0.310 e. The Kier molecular flexibility index (Phi) is 6.25. The van der Waals surface area contributed by atoms with E-state index in [1.807, 2.05) is 24.4 Å². The van der Waals surface area contributed by atoms with Gasteiger partial charge in [-0.25, -0.2) is 4.85 Å². The molecule has 0 N–H and O–H groups in total. The average molecular weight is 676 g/mol. The van der Waals surface area contributed by atoms with E-state index < -0.39 is 0 Å². The molecule has 0 amide bonds. The van der Waals surface area contributed by atoms with E-state index >= 15 is 0 Å². The summed E-state index contributed by atoms with van der Waals surface area (Å²) < 4.78 is 6.98. The molecule has 0 radical (unpaired) electrons. The fourth-order valence-electron chi connectivity index (χ4n) is 8.41. The lowest BCUT2D eigenvalue weighted by Crippen LogP contribution is -1.97. The normalized spacial score (nSPS) is 11.8. The van der Waals surface area contributed by atoms with Crippen molar-refractivity contribution in [3.63, 3.8) is 0 Å². The third kappa shape index (κ3) is 4.33. The number of fused-ring (bicyclic) bond motifs is 9. The highest BCUT2D eigenvalue weighted by Crippen LogP contribution is 2.40. The van der Waals surface area contributed by atoms with Gasteiger partial charge in [-0.05, 0) is 96.1 Å². The molecular formula is C48H29N5. The van der Waals surface area contributed by atoms with Crippen LogP contribution in [0.15, 0.2) is 176 Å². The van der Waals surface area contributed by atoms with Crippen LogP contribution in [0.5, 0.6) is 0 Å². The van der Waals surface area contributed by atoms with Crippen LogP contribution in [0.25, 0.3) is 98.6 Å². The van der Waals surface area contributed by atoms with E-state index in [1.165, 1.54) is 27.1 Å². The molecule has 0 aliphatic carbocycles. The zero-order valence-electron chi connectivity index (χ0n) is 28.5. The minimum Gasteiger partial charge on any atom is -0.310 e. The molecular weight excluding hydrogens is 647 g/mol. The maximum atomic E-state index is 8.08. The van der Waals surface area contributed by atoms with Crippen molar-refractivity contribution in [3.05, 3.63) is 187 Å². The highest BCUT2D eigenvalue weighted by atomic mass is 15.0. The van der Waals surface area contributed by atoms with Crippen LogP contribution in [0.4, 0.5) is 5.69 Å². The number of hydrogen-bond acceptors (Lipinski definition) is 1. The highest BCUT2D eigenvalue weighted by Gasteiger charge is 2.20. The zero-order valence-corrected chi connectivity index (χ0v) is 28.5. The Bertz CT molecular complexity index is 3250. The molecule has 0 unspecified atom stereocenters. The zero-order chi connectivity index (χ0) is 35.0. The van der Waals surface area contributed by atoms with Crippen LogP contribution < -0.4 is 0 Å². The van der Waals surface area contributed by atoms with Crippen molar-refractivity contribution < 1.29 is 0 Å². The summed E-state index contributed by atoms with van der Waals surface area (Å²) in [6, 6.07) is 59.9. The maximum Gasteiger partial charge on any atom is 0.189 e. The monoisotopic (exact) mass is 675 g/mol. The van der Waals surface area contributed by atoms with Gasteiger partial charge in [-0.3, -0.25) is 4.98 Å². The molecule has 0 bridgehead atoms. The second kappa shape index (κ2) is 11.3. The first kappa shape index (κ1) is 29.3. The van der Waals surface area contributed by atoms with Gasteiger partial charge in [0.15, 0.2) is 5.69 Å². The number of benzene rings is 7. The fourth-order valence-corrected chi connectivity index (χ4v) is 8.41. The van der Waals surface area contributed by atoms with Gasteiger partial charge in [-0.1, -0.05) is 84.9 Å². The molecule has 0 fully saturated rings. The predicted molar refractivity (Wildman–Crippen MR) is 219 cm³/mol. The van der Waals surface area contributed by atoms with Crippen LogP contribution in [0.3, 0.4) is 0 Å². The Hall–Kier alpha value is -7.42. The van der Waals surface area contributed by atoms with Gasteiger partial charge < -0.3 is 13.7 Å². The van der Waals surface area contributed by atoms with Gasteiger partial charge >= 0.3 is 0 Å². The Morgan fingerprint density at radius 1 is 0.377 bits per heavy atom. The van der Waals surface area contributed by atoms with Gasteiger partial charge in [0.2, 0.25) is 0 Å². The van der Waals surface area contributed by atoms with Crippen LogP contribution in [0.2, 0.25) is 0 Å². The van der Waals surface area contributed by atoms with Crippen molar-refractivity contribution in [1.29, 1.82) is 0 Å². The molecule has 0 saturated carbocycles. The molecule has 4 aromatic heterocycles. The van der Waals surface area contributed by atoms with Crippen LogP contribution in [-0.2, 0) is 0 Å². The first-order chi connectivity index (χ1) is 26.2. The Labute approximate surface area is 304 Å². The van der Waals surface area contributed by atoms with Crippen LogP contribution >= 0.6 is 0 Å². The lowest BCUT2D eigenvalue weighted by Gasteiger charge is -2.14. The molecule has 5 nitrogen and oxygen atoms in total. The van der Waals surface area contributed by atoms with E-state index in [9.17, 15) is 0 Å². The molecule has 4 heterocycles. The summed E-state index contributed by atoms with van der Waals surface area (Å²) in [5.74, 6) is 0. The quantitative estimate of drug-likeness (QED) is 0.171. The standard InChI is InChI=1S/C48H29N5/c1-49-33-25-32(27-36(28-33)53-42-20-8-5-17-37(42)38-18-6-9-21-43(38)53)31-13-11-16-35(26-31)52-45-23-12-24-50-48(45)41-29-40-39-19-7-10-22-44(39)51(46(40)30-47(41)52)34-14-3-2-4-15-34/h2-30H. The van der Waals surface area contributed by atoms with Crippen LogP contribution in [0, 0.1) is 6.57 Å². The SMILES string of the molecule is [C-]#[N+]c1cc(-c2cccc(-n3c4cc5c(cc4c4ncccc43)c3ccccc3n5-c3ccccc3)c2)cc(-n2c3ccccc3c3ccccc32)c1. The third-order valence-corrected chi connectivity index (χ3v) is 10.6. The first-order valence-corrected chi connectivity index (χ1v) is 17.7. The lowest BCUT2D eigenvalue weighted by molar-refractivity contribution is 1.16. The second-order valence-electron chi connectivity index (χ2n) is 13.6. The summed E-state index contributed by atoms with van der Waals surface area (Å²) in [7, 11) is 0. The van der Waals surface area contributed by atoms with E-state index in [1.54, 1.807) is 0 Å². The van der Waals surface area contributed by atoms with Gasteiger partial charge in [0, 0.05) is 50.2 Å². The topological polar surface area (TPSA) is 32.0 Å². The maximum absolute atomic E-state index is 8.08. The molecule has 7 aromatic carbocycles. The second-order valence-corrected chi connectivity index (χ2v) is 13.6. The molecule has 11 aromatic rings. The third-order valence-electron chi connectivity index (χ3n) is 10.6. The number of rotatable bonds is 4. The van der Waals surface area contributed by atoms with E-state index in [0.717, 1.165) is 66.7 Å². The summed E-state index contributed by atoms with van der Waals surface area (Å²) in [6.07, 6.45) is 1.88. The molecule has 0 saturated heterocycles. The van der Waals surface area contributed by atoms with Gasteiger partial charge in [0.1, 0.15) is 0 Å². The van der Waals surface area contributed by atoms with Gasteiger partial charge in [0.25, 0.3) is 0 Å². The molecule has 5 heteroatoms. The number of pyridine rings is 1. The molecule has 0 aliphatic heterocycles. The average Bonchev–Trinajstić information content (AvgIpc) is 3.85. The van der Waals surface area contributed by atoms with E-state index in [0.29, 0.717) is 5.69 Å². The summed E-state index contributed by atoms with van der Waals surface area (Å²) in [6.45, 7) is 8.08. The molecule has 0 spiro atoms. The molecule has 0 atom stereocenters. The minimum absolute atomic E-state index is 0.599. The smallest absolute Gasteiger partial charge is 0.189 e. The molecule has 246 valence electrons. The molecule has 11 rings (SSSR count). The molecule has 53 heavy (non-hydrogen) atoms. The summed E-state index contributed by atoms with van der Waals surface area (Å²) in [4.78, 5) is 8.88. The van der Waals surface area contributed by atoms with E-state index in [2.05, 4.69) is 170 Å². The number of para-hydroxylation sites is 4. The summed E-state index contributed by atoms with van der Waals surface area (Å²) in [5, 5.41) is 5.91. The van der Waals surface area contributed by atoms with Gasteiger partial charge in [-0.2, -0.15) is 0 Å². The number of hydrogen-bond donors (Lipinski definition) is 0. The molecule has 0 aliphatic rings. The van der Waals surface area contributed by atoms with Crippen molar-refractivity contribution in [3.8, 4) is 28.2 Å². The van der Waals surface area contributed by atoms with E-state index in [4.69, 9.17) is 11.6 Å². The van der Waals surface area contributed by atoms with Gasteiger partial charge in [0.05, 0.1) is 45.2 Å². The Morgan fingerprint density at radius 3 is 1.66 bits per heavy atom. The minimum atomic E-state index is 0.599. The summed E-state index contributed by atoms with van der Waals surface area (Å²) in [5.41, 5.74) is 13.4. The predicted octanol–water partition coefficient (Wildman–Crippen LogP) is 12.6. The first-order valence-electron chi connectivity index (χ1n) is 17.7. The number of aromatic nitrogens is 4. The highest BCUT2D eigenvalue weighted by molar-refractivity contribution is 6.18. The van der Waals surface area contributed by atoms with Gasteiger partial charge in [-0.15, -0.1) is 0 Å². The van der Waals surface area contributed by atoms with E-state index in [-0.39, 0.29) is 0 Å². The Balaban J connectivity index is 1.15.